The summed E-state index contributed by atoms with van der Waals surface area (Å²) < 4.78 is 0. The highest BCUT2D eigenvalue weighted by Crippen LogP contribution is 2.37. The van der Waals surface area contributed by atoms with Gasteiger partial charge in [-0.3, -0.25) is 4.90 Å². The van der Waals surface area contributed by atoms with Gasteiger partial charge in [0, 0.05) is 29.9 Å². The second kappa shape index (κ2) is 5.74. The molecule has 2 aliphatic heterocycles. The smallest absolute Gasteiger partial charge is 0.0163 e. The highest BCUT2D eigenvalue weighted by molar-refractivity contribution is 7.98. The fourth-order valence-electron chi connectivity index (χ4n) is 3.72. The van der Waals surface area contributed by atoms with Gasteiger partial charge in [-0.05, 0) is 45.4 Å². The quantitative estimate of drug-likeness (QED) is 0.797. The molecule has 94 valence electrons. The largest absolute Gasteiger partial charge is 0.314 e. The van der Waals surface area contributed by atoms with Crippen LogP contribution in [0.4, 0.5) is 0 Å². The predicted octanol–water partition coefficient (Wildman–Crippen LogP) is 2.34. The highest BCUT2D eigenvalue weighted by atomic mass is 32.2. The summed E-state index contributed by atoms with van der Waals surface area (Å²) in [6, 6.07) is 3.30. The standard InChI is InChI=1S/C13H26N2S/c1-4-14-11-7-12-5-6-13(8-11)15(12)10(2)9-16-3/h10-14H,4-9H2,1-3H3. The Morgan fingerprint density at radius 1 is 1.31 bits per heavy atom. The molecule has 0 amide bonds. The third-order valence-electron chi connectivity index (χ3n) is 4.20. The molecule has 0 aromatic rings. The van der Waals surface area contributed by atoms with E-state index in [0.29, 0.717) is 0 Å². The molecule has 0 saturated carbocycles. The van der Waals surface area contributed by atoms with Crippen molar-refractivity contribution < 1.29 is 0 Å². The van der Waals surface area contributed by atoms with E-state index in [-0.39, 0.29) is 0 Å². The molecule has 2 rings (SSSR count). The van der Waals surface area contributed by atoms with E-state index in [4.69, 9.17) is 0 Å². The van der Waals surface area contributed by atoms with Gasteiger partial charge in [0.15, 0.2) is 0 Å². The molecule has 1 N–H and O–H groups in total. The van der Waals surface area contributed by atoms with Crippen LogP contribution in [0.3, 0.4) is 0 Å². The first-order valence-electron chi connectivity index (χ1n) is 6.76. The number of rotatable bonds is 5. The van der Waals surface area contributed by atoms with Crippen LogP contribution < -0.4 is 5.32 Å². The first-order chi connectivity index (χ1) is 7.76. The molecule has 0 aliphatic carbocycles. The predicted molar refractivity (Wildman–Crippen MR) is 73.2 cm³/mol. The molecule has 3 heteroatoms. The summed E-state index contributed by atoms with van der Waals surface area (Å²) in [5.41, 5.74) is 0. The summed E-state index contributed by atoms with van der Waals surface area (Å²) in [5, 5.41) is 3.64. The normalized spacial score (nSPS) is 36.6. The fraction of sp³-hybridized carbons (Fsp3) is 1.00. The van der Waals surface area contributed by atoms with Crippen molar-refractivity contribution in [3.8, 4) is 0 Å². The lowest BCUT2D eigenvalue weighted by Gasteiger charge is -2.42. The molecule has 0 aromatic carbocycles. The van der Waals surface area contributed by atoms with Gasteiger partial charge in [-0.15, -0.1) is 0 Å². The van der Waals surface area contributed by atoms with Crippen molar-refractivity contribution >= 4 is 11.8 Å². The Balaban J connectivity index is 1.94. The van der Waals surface area contributed by atoms with Crippen LogP contribution in [0.25, 0.3) is 0 Å². The van der Waals surface area contributed by atoms with Gasteiger partial charge in [0.05, 0.1) is 0 Å². The van der Waals surface area contributed by atoms with E-state index >= 15 is 0 Å². The minimum absolute atomic E-state index is 0.773. The molecule has 2 heterocycles. The zero-order valence-electron chi connectivity index (χ0n) is 10.9. The Morgan fingerprint density at radius 3 is 2.44 bits per heavy atom. The van der Waals surface area contributed by atoms with Crippen molar-refractivity contribution in [1.82, 2.24) is 10.2 Å². The van der Waals surface area contributed by atoms with Crippen LogP contribution in [0.2, 0.25) is 0 Å². The molecule has 0 radical (unpaired) electrons. The lowest BCUT2D eigenvalue weighted by Crippen LogP contribution is -2.52. The number of thioether (sulfide) groups is 1. The van der Waals surface area contributed by atoms with Crippen LogP contribution >= 0.6 is 11.8 Å². The summed E-state index contributed by atoms with van der Waals surface area (Å²) in [6.45, 7) is 5.77. The summed E-state index contributed by atoms with van der Waals surface area (Å²) in [7, 11) is 0. The van der Waals surface area contributed by atoms with E-state index < -0.39 is 0 Å². The van der Waals surface area contributed by atoms with Crippen LogP contribution in [0, 0.1) is 0 Å². The van der Waals surface area contributed by atoms with E-state index in [1.807, 2.05) is 11.8 Å². The maximum atomic E-state index is 3.64. The Hall–Kier alpha value is 0.270. The SMILES string of the molecule is CCNC1CC2CCC(C1)N2C(C)CSC. The van der Waals surface area contributed by atoms with E-state index in [1.165, 1.54) is 31.4 Å². The highest BCUT2D eigenvalue weighted by Gasteiger charge is 2.42. The van der Waals surface area contributed by atoms with Crippen molar-refractivity contribution in [2.75, 3.05) is 18.6 Å². The summed E-state index contributed by atoms with van der Waals surface area (Å²) in [5.74, 6) is 1.29. The Morgan fingerprint density at radius 2 is 1.94 bits per heavy atom. The summed E-state index contributed by atoms with van der Waals surface area (Å²) >= 11 is 1.99. The molecule has 16 heavy (non-hydrogen) atoms. The average Bonchev–Trinajstić information content (AvgIpc) is 2.52. The van der Waals surface area contributed by atoms with E-state index in [9.17, 15) is 0 Å². The zero-order chi connectivity index (χ0) is 11.5. The Labute approximate surface area is 105 Å². The van der Waals surface area contributed by atoms with E-state index in [2.05, 4.69) is 30.3 Å². The number of hydrogen-bond donors (Lipinski definition) is 1. The lowest BCUT2D eigenvalue weighted by molar-refractivity contribution is 0.0874. The van der Waals surface area contributed by atoms with Crippen molar-refractivity contribution in [1.29, 1.82) is 0 Å². The first kappa shape index (κ1) is 12.7. The van der Waals surface area contributed by atoms with Crippen molar-refractivity contribution in [2.24, 2.45) is 0 Å². The van der Waals surface area contributed by atoms with Crippen LogP contribution in [-0.2, 0) is 0 Å². The second-order valence-electron chi connectivity index (χ2n) is 5.36. The molecule has 2 saturated heterocycles. The molecule has 3 atom stereocenters. The van der Waals surface area contributed by atoms with Crippen LogP contribution in [0.15, 0.2) is 0 Å². The minimum Gasteiger partial charge on any atom is -0.314 e. The van der Waals surface area contributed by atoms with Gasteiger partial charge in [0.1, 0.15) is 0 Å². The maximum absolute atomic E-state index is 3.64. The van der Waals surface area contributed by atoms with Gasteiger partial charge >= 0.3 is 0 Å². The van der Waals surface area contributed by atoms with Crippen molar-refractivity contribution in [3.63, 3.8) is 0 Å². The number of fused-ring (bicyclic) bond motifs is 2. The molecule has 2 aliphatic rings. The first-order valence-corrected chi connectivity index (χ1v) is 8.15. The van der Waals surface area contributed by atoms with Crippen molar-refractivity contribution in [3.05, 3.63) is 0 Å². The summed E-state index contributed by atoms with van der Waals surface area (Å²) in [6.07, 6.45) is 7.85. The molecule has 0 spiro atoms. The molecular weight excluding hydrogens is 216 g/mol. The van der Waals surface area contributed by atoms with Crippen molar-refractivity contribution in [2.45, 2.75) is 63.7 Å². The molecule has 2 nitrogen and oxygen atoms in total. The number of piperidine rings is 1. The van der Waals surface area contributed by atoms with Gasteiger partial charge < -0.3 is 5.32 Å². The van der Waals surface area contributed by atoms with Gasteiger partial charge in [-0.1, -0.05) is 6.92 Å². The van der Waals surface area contributed by atoms with Crippen LogP contribution in [0.1, 0.15) is 39.5 Å². The van der Waals surface area contributed by atoms with Gasteiger partial charge in [-0.25, -0.2) is 0 Å². The lowest BCUT2D eigenvalue weighted by atomic mass is 9.96. The molecule has 2 bridgehead atoms. The van der Waals surface area contributed by atoms with Crippen LogP contribution in [-0.4, -0.2) is 47.6 Å². The topological polar surface area (TPSA) is 15.3 Å². The van der Waals surface area contributed by atoms with Gasteiger partial charge in [0.2, 0.25) is 0 Å². The second-order valence-corrected chi connectivity index (χ2v) is 6.27. The molecular formula is C13H26N2S. The van der Waals surface area contributed by atoms with E-state index in [0.717, 1.165) is 30.7 Å². The number of nitrogens with zero attached hydrogens (tertiary/aromatic N) is 1. The van der Waals surface area contributed by atoms with E-state index in [1.54, 1.807) is 0 Å². The van der Waals surface area contributed by atoms with Crippen LogP contribution in [0.5, 0.6) is 0 Å². The summed E-state index contributed by atoms with van der Waals surface area (Å²) in [4.78, 5) is 2.82. The molecule has 3 unspecified atom stereocenters. The molecule has 2 fully saturated rings. The Bertz CT molecular complexity index is 208. The zero-order valence-corrected chi connectivity index (χ0v) is 11.7. The third-order valence-corrected chi connectivity index (χ3v) is 5.01. The number of hydrogen-bond acceptors (Lipinski definition) is 3. The maximum Gasteiger partial charge on any atom is 0.0163 e. The fourth-order valence-corrected chi connectivity index (χ4v) is 4.37. The third kappa shape index (κ3) is 2.57. The average molecular weight is 242 g/mol. The molecule has 0 aromatic heterocycles. The Kier molecular flexibility index (Phi) is 4.57. The monoisotopic (exact) mass is 242 g/mol. The van der Waals surface area contributed by atoms with Gasteiger partial charge in [-0.2, -0.15) is 11.8 Å². The van der Waals surface area contributed by atoms with Gasteiger partial charge in [0.25, 0.3) is 0 Å². The minimum atomic E-state index is 0.773. The number of nitrogens with one attached hydrogen (secondary N) is 1.